The molecule has 0 spiro atoms. The Kier molecular flexibility index (Phi) is 3.15. The Morgan fingerprint density at radius 3 is 2.54 bits per heavy atom. The van der Waals surface area contributed by atoms with Crippen LogP contribution in [-0.2, 0) is 10.0 Å². The van der Waals surface area contributed by atoms with Gasteiger partial charge in [-0.1, -0.05) is 0 Å². The average molecular weight is 202 g/mol. The van der Waals surface area contributed by atoms with E-state index in [1.54, 1.807) is 0 Å². The predicted octanol–water partition coefficient (Wildman–Crippen LogP) is -0.823. The van der Waals surface area contributed by atoms with E-state index in [0.717, 1.165) is 0 Å². The highest BCUT2D eigenvalue weighted by Crippen LogP contribution is 2.03. The van der Waals surface area contributed by atoms with Crippen LogP contribution >= 0.6 is 0 Å². The lowest BCUT2D eigenvalue weighted by Crippen LogP contribution is -2.22. The predicted molar refractivity (Wildman–Crippen MR) is 48.5 cm³/mol. The number of nitrogens with two attached hydrogens (primary N) is 1. The zero-order chi connectivity index (χ0) is 9.73. The molecule has 0 atom stereocenters. The summed E-state index contributed by atoms with van der Waals surface area (Å²) in [6.45, 7) is 0.0863. The maximum Gasteiger partial charge on any atom is 0.234 e. The summed E-state index contributed by atoms with van der Waals surface area (Å²) in [6, 6.07) is 0. The third-order valence-corrected chi connectivity index (χ3v) is 2.54. The first kappa shape index (κ1) is 9.87. The Bertz CT molecular complexity index is 350. The summed E-state index contributed by atoms with van der Waals surface area (Å²) >= 11 is 0. The Hall–Kier alpha value is -1.21. The maximum atomic E-state index is 11.2. The normalized spacial score (nSPS) is 11.2. The highest BCUT2D eigenvalue weighted by Gasteiger charge is 2.08. The highest BCUT2D eigenvalue weighted by molar-refractivity contribution is 7.92. The molecular weight excluding hydrogens is 192 g/mol. The van der Waals surface area contributed by atoms with E-state index in [4.69, 9.17) is 5.73 Å². The van der Waals surface area contributed by atoms with Gasteiger partial charge < -0.3 is 5.73 Å². The SMILES string of the molecule is NCCS(=O)(=O)Nc1cncnc1. The Morgan fingerprint density at radius 2 is 2.00 bits per heavy atom. The van der Waals surface area contributed by atoms with Crippen LogP contribution in [-0.4, -0.2) is 30.7 Å². The van der Waals surface area contributed by atoms with Crippen LogP contribution in [0, 0.1) is 0 Å². The quantitative estimate of drug-likeness (QED) is 0.664. The molecule has 1 aromatic rings. The van der Waals surface area contributed by atoms with Crippen molar-refractivity contribution >= 4 is 15.7 Å². The number of sulfonamides is 1. The molecule has 72 valence electrons. The van der Waals surface area contributed by atoms with Gasteiger partial charge in [-0.25, -0.2) is 18.4 Å². The van der Waals surface area contributed by atoms with Gasteiger partial charge in [0, 0.05) is 6.54 Å². The van der Waals surface area contributed by atoms with Crippen molar-refractivity contribution in [3.63, 3.8) is 0 Å². The number of nitrogens with zero attached hydrogens (tertiary/aromatic N) is 2. The van der Waals surface area contributed by atoms with Gasteiger partial charge >= 0.3 is 0 Å². The van der Waals surface area contributed by atoms with E-state index in [-0.39, 0.29) is 12.3 Å². The van der Waals surface area contributed by atoms with Crippen molar-refractivity contribution in [2.24, 2.45) is 5.73 Å². The number of hydrogen-bond acceptors (Lipinski definition) is 5. The van der Waals surface area contributed by atoms with Crippen LogP contribution in [0.1, 0.15) is 0 Å². The Morgan fingerprint density at radius 1 is 1.38 bits per heavy atom. The van der Waals surface area contributed by atoms with Crippen LogP contribution in [0.3, 0.4) is 0 Å². The minimum absolute atomic E-state index is 0.0863. The summed E-state index contributed by atoms with van der Waals surface area (Å²) in [4.78, 5) is 7.32. The zero-order valence-electron chi connectivity index (χ0n) is 6.84. The molecule has 13 heavy (non-hydrogen) atoms. The van der Waals surface area contributed by atoms with Crippen LogP contribution in [0.5, 0.6) is 0 Å². The average Bonchev–Trinajstić information content (AvgIpc) is 2.04. The third kappa shape index (κ3) is 3.34. The van der Waals surface area contributed by atoms with Crippen LogP contribution in [0.15, 0.2) is 18.7 Å². The van der Waals surface area contributed by atoms with Gasteiger partial charge in [0.25, 0.3) is 0 Å². The third-order valence-electron chi connectivity index (χ3n) is 1.22. The molecule has 7 heteroatoms. The van der Waals surface area contributed by atoms with Crippen molar-refractivity contribution < 1.29 is 8.42 Å². The Balaban J connectivity index is 2.70. The molecule has 1 rings (SSSR count). The number of hydrogen-bond donors (Lipinski definition) is 2. The van der Waals surface area contributed by atoms with Crippen molar-refractivity contribution in [3.05, 3.63) is 18.7 Å². The van der Waals surface area contributed by atoms with E-state index >= 15 is 0 Å². The number of aromatic nitrogens is 2. The van der Waals surface area contributed by atoms with Gasteiger partial charge in [-0.05, 0) is 0 Å². The molecule has 0 unspecified atom stereocenters. The van der Waals surface area contributed by atoms with Crippen LogP contribution in [0.2, 0.25) is 0 Å². The smallest absolute Gasteiger partial charge is 0.234 e. The van der Waals surface area contributed by atoms with E-state index in [1.807, 2.05) is 0 Å². The molecule has 0 bridgehead atoms. The summed E-state index contributed by atoms with van der Waals surface area (Å²) in [5, 5.41) is 0. The topological polar surface area (TPSA) is 98.0 Å². The van der Waals surface area contributed by atoms with Crippen molar-refractivity contribution in [1.82, 2.24) is 9.97 Å². The lowest BCUT2D eigenvalue weighted by Gasteiger charge is -2.04. The second-order valence-electron chi connectivity index (χ2n) is 2.34. The van der Waals surface area contributed by atoms with Crippen LogP contribution in [0.4, 0.5) is 5.69 Å². The molecule has 0 aliphatic heterocycles. The molecule has 1 heterocycles. The van der Waals surface area contributed by atoms with Crippen LogP contribution in [0.25, 0.3) is 0 Å². The van der Waals surface area contributed by atoms with Crippen molar-refractivity contribution in [2.75, 3.05) is 17.0 Å². The van der Waals surface area contributed by atoms with Gasteiger partial charge in [0.2, 0.25) is 10.0 Å². The Labute approximate surface area is 76.3 Å². The minimum Gasteiger partial charge on any atom is -0.329 e. The summed E-state index contributed by atoms with van der Waals surface area (Å²) in [6.07, 6.45) is 4.07. The van der Waals surface area contributed by atoms with E-state index in [0.29, 0.717) is 5.69 Å². The summed E-state index contributed by atoms with van der Waals surface area (Å²) in [5.74, 6) is -0.109. The van der Waals surface area contributed by atoms with Crippen molar-refractivity contribution in [3.8, 4) is 0 Å². The summed E-state index contributed by atoms with van der Waals surface area (Å²) in [5.41, 5.74) is 5.46. The first-order chi connectivity index (χ1) is 6.14. The second-order valence-corrected chi connectivity index (χ2v) is 4.18. The molecule has 1 aromatic heterocycles. The molecule has 0 fully saturated rings. The molecule has 0 saturated carbocycles. The lowest BCUT2D eigenvalue weighted by atomic mass is 10.6. The molecule has 0 aromatic carbocycles. The van der Waals surface area contributed by atoms with Crippen LogP contribution < -0.4 is 10.5 Å². The number of rotatable bonds is 4. The summed E-state index contributed by atoms with van der Waals surface area (Å²) < 4.78 is 24.6. The van der Waals surface area contributed by atoms with E-state index in [9.17, 15) is 8.42 Å². The lowest BCUT2D eigenvalue weighted by molar-refractivity contribution is 0.601. The van der Waals surface area contributed by atoms with Gasteiger partial charge in [-0.2, -0.15) is 0 Å². The highest BCUT2D eigenvalue weighted by atomic mass is 32.2. The minimum atomic E-state index is -3.34. The molecular formula is C6H10N4O2S. The van der Waals surface area contributed by atoms with Gasteiger partial charge in [-0.3, -0.25) is 4.72 Å². The number of anilines is 1. The van der Waals surface area contributed by atoms with E-state index in [1.165, 1.54) is 18.7 Å². The fraction of sp³-hybridized carbons (Fsp3) is 0.333. The fourth-order valence-corrected chi connectivity index (χ4v) is 1.61. The molecule has 0 radical (unpaired) electrons. The fourth-order valence-electron chi connectivity index (χ4n) is 0.738. The maximum absolute atomic E-state index is 11.2. The molecule has 6 nitrogen and oxygen atoms in total. The second kappa shape index (κ2) is 4.15. The van der Waals surface area contributed by atoms with Crippen molar-refractivity contribution in [1.29, 1.82) is 0 Å². The van der Waals surface area contributed by atoms with Gasteiger partial charge in [-0.15, -0.1) is 0 Å². The van der Waals surface area contributed by atoms with Gasteiger partial charge in [0.15, 0.2) is 0 Å². The monoisotopic (exact) mass is 202 g/mol. The molecule has 0 aliphatic rings. The molecule has 3 N–H and O–H groups in total. The van der Waals surface area contributed by atoms with E-state index in [2.05, 4.69) is 14.7 Å². The van der Waals surface area contributed by atoms with Gasteiger partial charge in [0.1, 0.15) is 6.33 Å². The summed E-state index contributed by atoms with van der Waals surface area (Å²) in [7, 11) is -3.34. The molecule has 0 amide bonds. The first-order valence-corrected chi connectivity index (χ1v) is 5.25. The zero-order valence-corrected chi connectivity index (χ0v) is 7.66. The van der Waals surface area contributed by atoms with Crippen molar-refractivity contribution in [2.45, 2.75) is 0 Å². The first-order valence-electron chi connectivity index (χ1n) is 3.59. The largest absolute Gasteiger partial charge is 0.329 e. The van der Waals surface area contributed by atoms with Gasteiger partial charge in [0.05, 0.1) is 23.8 Å². The molecule has 0 saturated heterocycles. The standard InChI is InChI=1S/C6H10N4O2S/c7-1-2-13(11,12)10-6-3-8-5-9-4-6/h3-5,10H,1-2,7H2. The molecule has 0 aliphatic carbocycles. The number of nitrogens with one attached hydrogen (secondary N) is 1. The van der Waals surface area contributed by atoms with E-state index < -0.39 is 10.0 Å².